The van der Waals surface area contributed by atoms with Gasteiger partial charge in [0.1, 0.15) is 0 Å². The molecule has 4 atom stereocenters. The Morgan fingerprint density at radius 1 is 1.03 bits per heavy atom. The molecular formula is C26H25BrN2O2. The zero-order chi connectivity index (χ0) is 21.5. The molecule has 1 heterocycles. The number of aliphatic hydroxyl groups is 1. The highest BCUT2D eigenvalue weighted by Crippen LogP contribution is 2.50. The first-order chi connectivity index (χ1) is 15.0. The summed E-state index contributed by atoms with van der Waals surface area (Å²) in [7, 11) is 0. The van der Waals surface area contributed by atoms with E-state index < -0.39 is 6.10 Å². The molecule has 0 saturated heterocycles. The second kappa shape index (κ2) is 8.23. The van der Waals surface area contributed by atoms with Gasteiger partial charge in [0.2, 0.25) is 0 Å². The number of halogens is 1. The van der Waals surface area contributed by atoms with Crippen LogP contribution in [0.4, 0.5) is 5.69 Å². The maximum Gasteiger partial charge on any atom is 0.258 e. The second-order valence-electron chi connectivity index (χ2n) is 8.45. The van der Waals surface area contributed by atoms with Crippen molar-refractivity contribution in [3.63, 3.8) is 0 Å². The fourth-order valence-corrected chi connectivity index (χ4v) is 5.62. The molecule has 4 nitrogen and oxygen atoms in total. The Bertz CT molecular complexity index is 1100. The third kappa shape index (κ3) is 3.61. The van der Waals surface area contributed by atoms with Gasteiger partial charge < -0.3 is 15.3 Å². The Kier molecular flexibility index (Phi) is 5.42. The highest BCUT2D eigenvalue weighted by molar-refractivity contribution is 9.10. The Labute approximate surface area is 191 Å². The van der Waals surface area contributed by atoms with E-state index in [-0.39, 0.29) is 23.9 Å². The van der Waals surface area contributed by atoms with Crippen molar-refractivity contribution in [1.29, 1.82) is 0 Å². The van der Waals surface area contributed by atoms with Crippen LogP contribution >= 0.6 is 15.9 Å². The minimum absolute atomic E-state index is 0.0103. The Morgan fingerprint density at radius 2 is 1.71 bits per heavy atom. The molecule has 0 fully saturated rings. The standard InChI is InChI=1S/C26H25BrN2O2/c1-16(17-8-4-2-5-9-17)28-25-22(30)14-19-15-29(26(31)18-10-6-3-7-11-18)21-13-12-20(27)24(25)23(19)21/h2-13,16,19,22,25,28,30H,14-15H2,1H3/t16-,19-,22+,25-/m0/s1. The van der Waals surface area contributed by atoms with E-state index in [9.17, 15) is 9.90 Å². The lowest BCUT2D eigenvalue weighted by molar-refractivity contribution is 0.0938. The molecule has 2 aliphatic rings. The van der Waals surface area contributed by atoms with E-state index in [0.29, 0.717) is 18.5 Å². The van der Waals surface area contributed by atoms with Crippen molar-refractivity contribution in [2.45, 2.75) is 37.5 Å². The number of aliphatic hydroxyl groups excluding tert-OH is 1. The fourth-order valence-electron chi connectivity index (χ4n) is 5.03. The summed E-state index contributed by atoms with van der Waals surface area (Å²) in [6, 6.07) is 23.6. The number of benzene rings is 3. The molecule has 1 aliphatic heterocycles. The van der Waals surface area contributed by atoms with Crippen LogP contribution in [0.2, 0.25) is 0 Å². The van der Waals surface area contributed by atoms with Crippen LogP contribution in [0.1, 0.15) is 58.4 Å². The molecule has 5 heteroatoms. The summed E-state index contributed by atoms with van der Waals surface area (Å²) < 4.78 is 0.974. The van der Waals surface area contributed by atoms with Crippen LogP contribution in [0.15, 0.2) is 77.3 Å². The van der Waals surface area contributed by atoms with Crippen molar-refractivity contribution in [2.75, 3.05) is 11.4 Å². The molecular weight excluding hydrogens is 452 g/mol. The SMILES string of the molecule is C[C@H](N[C@@H]1c2c(Br)ccc3c2[C@@H](C[C@H]1O)CN3C(=O)c1ccccc1)c1ccccc1. The van der Waals surface area contributed by atoms with Crippen molar-refractivity contribution < 1.29 is 9.90 Å². The minimum atomic E-state index is -0.526. The van der Waals surface area contributed by atoms with E-state index in [2.05, 4.69) is 40.3 Å². The first kappa shape index (κ1) is 20.4. The number of carbonyl (C=O) groups is 1. The molecule has 1 aliphatic carbocycles. The first-order valence-corrected chi connectivity index (χ1v) is 11.5. The van der Waals surface area contributed by atoms with Crippen LogP contribution in [0, 0.1) is 0 Å². The molecule has 0 spiro atoms. The summed E-state index contributed by atoms with van der Waals surface area (Å²) >= 11 is 3.73. The largest absolute Gasteiger partial charge is 0.391 e. The van der Waals surface area contributed by atoms with Crippen molar-refractivity contribution in [3.8, 4) is 0 Å². The highest BCUT2D eigenvalue weighted by Gasteiger charge is 2.43. The maximum atomic E-state index is 13.2. The van der Waals surface area contributed by atoms with E-state index in [1.165, 1.54) is 11.1 Å². The normalized spacial score (nSPS) is 22.8. The van der Waals surface area contributed by atoms with E-state index in [0.717, 1.165) is 15.7 Å². The number of hydrogen-bond acceptors (Lipinski definition) is 3. The van der Waals surface area contributed by atoms with E-state index in [4.69, 9.17) is 0 Å². The van der Waals surface area contributed by atoms with E-state index in [1.807, 2.05) is 65.6 Å². The first-order valence-electron chi connectivity index (χ1n) is 10.7. The monoisotopic (exact) mass is 476 g/mol. The number of anilines is 1. The number of rotatable bonds is 4. The van der Waals surface area contributed by atoms with Crippen LogP contribution in [0.3, 0.4) is 0 Å². The van der Waals surface area contributed by atoms with Gasteiger partial charge in [-0.3, -0.25) is 4.79 Å². The molecule has 0 bridgehead atoms. The van der Waals surface area contributed by atoms with Gasteiger partial charge in [0.05, 0.1) is 12.1 Å². The van der Waals surface area contributed by atoms with Crippen LogP contribution in [0.5, 0.6) is 0 Å². The quantitative estimate of drug-likeness (QED) is 0.533. The van der Waals surface area contributed by atoms with Crippen LogP contribution in [-0.2, 0) is 0 Å². The van der Waals surface area contributed by atoms with Gasteiger partial charge >= 0.3 is 0 Å². The molecule has 0 saturated carbocycles. The third-order valence-electron chi connectivity index (χ3n) is 6.53. The number of nitrogens with zero attached hydrogens (tertiary/aromatic N) is 1. The summed E-state index contributed by atoms with van der Waals surface area (Å²) in [6.45, 7) is 2.72. The van der Waals surface area contributed by atoms with Gasteiger partial charge in [-0.1, -0.05) is 64.5 Å². The van der Waals surface area contributed by atoms with Crippen LogP contribution < -0.4 is 10.2 Å². The van der Waals surface area contributed by atoms with Gasteiger partial charge in [0, 0.05) is 34.2 Å². The van der Waals surface area contributed by atoms with Crippen molar-refractivity contribution >= 4 is 27.5 Å². The third-order valence-corrected chi connectivity index (χ3v) is 7.22. The fraction of sp³-hybridized carbons (Fsp3) is 0.269. The predicted molar refractivity (Wildman–Crippen MR) is 126 cm³/mol. The summed E-state index contributed by atoms with van der Waals surface area (Å²) in [5.74, 6) is 0.145. The van der Waals surface area contributed by atoms with Crippen molar-refractivity contribution in [2.24, 2.45) is 0 Å². The molecule has 0 radical (unpaired) electrons. The topological polar surface area (TPSA) is 52.6 Å². The lowest BCUT2D eigenvalue weighted by atomic mass is 9.79. The van der Waals surface area contributed by atoms with E-state index in [1.54, 1.807) is 0 Å². The summed E-state index contributed by atoms with van der Waals surface area (Å²) in [5.41, 5.74) is 5.09. The zero-order valence-electron chi connectivity index (χ0n) is 17.3. The van der Waals surface area contributed by atoms with Gasteiger partial charge in [-0.05, 0) is 54.3 Å². The molecule has 0 aromatic heterocycles. The highest BCUT2D eigenvalue weighted by atomic mass is 79.9. The maximum absolute atomic E-state index is 13.2. The van der Waals surface area contributed by atoms with Gasteiger partial charge in [0.15, 0.2) is 0 Å². The number of carbonyl (C=O) groups excluding carboxylic acids is 1. The number of nitrogens with one attached hydrogen (secondary N) is 1. The molecule has 3 aromatic rings. The minimum Gasteiger partial charge on any atom is -0.391 e. The Hall–Kier alpha value is -2.47. The smallest absolute Gasteiger partial charge is 0.258 e. The molecule has 2 N–H and O–H groups in total. The van der Waals surface area contributed by atoms with Crippen molar-refractivity contribution in [3.05, 3.63) is 99.5 Å². The van der Waals surface area contributed by atoms with Gasteiger partial charge in [-0.15, -0.1) is 0 Å². The Morgan fingerprint density at radius 3 is 2.42 bits per heavy atom. The molecule has 1 amide bonds. The molecule has 0 unspecified atom stereocenters. The average molecular weight is 477 g/mol. The van der Waals surface area contributed by atoms with Gasteiger partial charge in [-0.25, -0.2) is 0 Å². The van der Waals surface area contributed by atoms with Crippen LogP contribution in [-0.4, -0.2) is 23.7 Å². The summed E-state index contributed by atoms with van der Waals surface area (Å²) in [4.78, 5) is 15.1. The van der Waals surface area contributed by atoms with E-state index >= 15 is 0 Å². The Balaban J connectivity index is 1.52. The lowest BCUT2D eigenvalue weighted by Gasteiger charge is -2.36. The second-order valence-corrected chi connectivity index (χ2v) is 9.31. The molecule has 3 aromatic carbocycles. The summed E-state index contributed by atoms with van der Waals surface area (Å²) in [6.07, 6.45) is 0.107. The number of hydrogen-bond donors (Lipinski definition) is 2. The van der Waals surface area contributed by atoms with Gasteiger partial charge in [-0.2, -0.15) is 0 Å². The molecule has 158 valence electrons. The average Bonchev–Trinajstić information content (AvgIpc) is 3.16. The van der Waals surface area contributed by atoms with Gasteiger partial charge in [0.25, 0.3) is 5.91 Å². The predicted octanol–water partition coefficient (Wildman–Crippen LogP) is 5.35. The lowest BCUT2D eigenvalue weighted by Crippen LogP contribution is -2.39. The number of amides is 1. The zero-order valence-corrected chi connectivity index (χ0v) is 18.9. The molecule has 31 heavy (non-hydrogen) atoms. The summed E-state index contributed by atoms with van der Waals surface area (Å²) in [5, 5.41) is 14.8. The van der Waals surface area contributed by atoms with Crippen LogP contribution in [0.25, 0.3) is 0 Å². The molecule has 5 rings (SSSR count). The van der Waals surface area contributed by atoms with Crippen molar-refractivity contribution in [1.82, 2.24) is 5.32 Å².